The molecule has 0 bridgehead atoms. The van der Waals surface area contributed by atoms with E-state index >= 15 is 0 Å². The van der Waals surface area contributed by atoms with Crippen molar-refractivity contribution in [2.45, 2.75) is 13.2 Å². The highest BCUT2D eigenvalue weighted by atomic mass is 32.1. The van der Waals surface area contributed by atoms with Crippen molar-refractivity contribution < 1.29 is 23.8 Å². The van der Waals surface area contributed by atoms with Crippen molar-refractivity contribution in [3.05, 3.63) is 131 Å². The van der Waals surface area contributed by atoms with Crippen molar-refractivity contribution in [1.29, 1.82) is 0 Å². The smallest absolute Gasteiger partial charge is 0.259 e. The largest absolute Gasteiger partial charge is 0.488 e. The number of thiocarbonyl (C=S) groups is 1. The van der Waals surface area contributed by atoms with Crippen molar-refractivity contribution in [1.82, 2.24) is 5.32 Å². The molecule has 0 aliphatic carbocycles. The van der Waals surface area contributed by atoms with Gasteiger partial charge in [0.15, 0.2) is 11.6 Å². The Balaban J connectivity index is 1.40. The SMILES string of the molecule is CCOC(=S)NC(COc1ccc(C(=O)c2ccccc2)cc1)Oc1ccc(C(=O)c2ccccc2)cc1. The number of carbonyl (C=O) groups excluding carboxylic acids is 2. The van der Waals surface area contributed by atoms with Gasteiger partial charge in [0.2, 0.25) is 6.23 Å². The Morgan fingerprint density at radius 2 is 1.13 bits per heavy atom. The topological polar surface area (TPSA) is 73.9 Å². The summed E-state index contributed by atoms with van der Waals surface area (Å²) in [5.41, 5.74) is 2.36. The molecular weight excluding hydrogens is 498 g/mol. The zero-order valence-corrected chi connectivity index (χ0v) is 21.6. The molecule has 1 unspecified atom stereocenters. The molecule has 4 aromatic carbocycles. The second-order valence-corrected chi connectivity index (χ2v) is 8.59. The molecule has 4 rings (SSSR count). The number of ketones is 2. The number of ether oxygens (including phenoxy) is 3. The maximum Gasteiger partial charge on any atom is 0.259 e. The molecule has 1 N–H and O–H groups in total. The summed E-state index contributed by atoms with van der Waals surface area (Å²) in [6, 6.07) is 32.0. The Hall–Kier alpha value is -4.49. The van der Waals surface area contributed by atoms with Gasteiger partial charge in [0, 0.05) is 22.3 Å². The molecule has 6 nitrogen and oxygen atoms in total. The number of benzene rings is 4. The first-order valence-electron chi connectivity index (χ1n) is 12.2. The van der Waals surface area contributed by atoms with E-state index < -0.39 is 6.23 Å². The van der Waals surface area contributed by atoms with Crippen LogP contribution in [0.3, 0.4) is 0 Å². The molecule has 38 heavy (non-hydrogen) atoms. The highest BCUT2D eigenvalue weighted by Gasteiger charge is 2.16. The van der Waals surface area contributed by atoms with Crippen LogP contribution in [0.2, 0.25) is 0 Å². The van der Waals surface area contributed by atoms with E-state index in [4.69, 9.17) is 26.4 Å². The lowest BCUT2D eigenvalue weighted by Gasteiger charge is -2.22. The molecule has 0 spiro atoms. The summed E-state index contributed by atoms with van der Waals surface area (Å²) in [6.45, 7) is 2.34. The zero-order valence-electron chi connectivity index (χ0n) is 20.8. The number of hydrogen-bond acceptors (Lipinski definition) is 6. The third kappa shape index (κ3) is 7.27. The molecule has 0 saturated heterocycles. The van der Waals surface area contributed by atoms with Crippen LogP contribution in [-0.4, -0.2) is 36.2 Å². The molecule has 0 heterocycles. The predicted octanol–water partition coefficient (Wildman–Crippen LogP) is 5.84. The summed E-state index contributed by atoms with van der Waals surface area (Å²) in [4.78, 5) is 25.3. The molecule has 0 aromatic heterocycles. The normalized spacial score (nSPS) is 11.2. The standard InChI is InChI=1S/C31H27NO5S/c1-2-35-31(38)32-28(37-27-19-15-25(16-20-27)30(34)23-11-7-4-8-12-23)21-36-26-17-13-24(14-18-26)29(33)22-9-5-3-6-10-22/h3-20,28H,2,21H2,1H3,(H,32,38). The van der Waals surface area contributed by atoms with Gasteiger partial charge in [-0.3, -0.25) is 9.59 Å². The lowest BCUT2D eigenvalue weighted by molar-refractivity contribution is 0.102. The van der Waals surface area contributed by atoms with Gasteiger partial charge in [0.05, 0.1) is 6.61 Å². The molecule has 0 amide bonds. The van der Waals surface area contributed by atoms with E-state index in [1.54, 1.807) is 72.8 Å². The minimum atomic E-state index is -0.671. The molecule has 4 aromatic rings. The van der Waals surface area contributed by atoms with Crippen molar-refractivity contribution in [2.75, 3.05) is 13.2 Å². The van der Waals surface area contributed by atoms with E-state index in [-0.39, 0.29) is 23.3 Å². The Morgan fingerprint density at radius 3 is 1.61 bits per heavy atom. The molecular formula is C31H27NO5S. The second-order valence-electron chi connectivity index (χ2n) is 8.22. The van der Waals surface area contributed by atoms with Crippen molar-refractivity contribution in [3.8, 4) is 11.5 Å². The molecule has 0 fully saturated rings. The zero-order chi connectivity index (χ0) is 26.7. The molecule has 192 valence electrons. The van der Waals surface area contributed by atoms with E-state index in [2.05, 4.69) is 5.32 Å². The number of rotatable bonds is 11. The Bertz CT molecular complexity index is 1360. The van der Waals surface area contributed by atoms with E-state index in [9.17, 15) is 9.59 Å². The van der Waals surface area contributed by atoms with Crippen LogP contribution in [0, 0.1) is 0 Å². The first-order valence-corrected chi connectivity index (χ1v) is 12.6. The minimum absolute atomic E-state index is 0.0590. The van der Waals surface area contributed by atoms with Crippen LogP contribution >= 0.6 is 12.2 Å². The molecule has 0 aliphatic rings. The summed E-state index contributed by atoms with van der Waals surface area (Å²) in [5.74, 6) is 0.966. The summed E-state index contributed by atoms with van der Waals surface area (Å²) >= 11 is 5.23. The van der Waals surface area contributed by atoms with Crippen molar-refractivity contribution in [2.24, 2.45) is 0 Å². The summed E-state index contributed by atoms with van der Waals surface area (Å²) in [7, 11) is 0. The van der Waals surface area contributed by atoms with Crippen molar-refractivity contribution >= 4 is 29.0 Å². The minimum Gasteiger partial charge on any atom is -0.488 e. The van der Waals surface area contributed by atoms with Gasteiger partial charge in [-0.15, -0.1) is 0 Å². The number of hydrogen-bond donors (Lipinski definition) is 1. The van der Waals surface area contributed by atoms with Crippen LogP contribution in [0.4, 0.5) is 0 Å². The fourth-order valence-electron chi connectivity index (χ4n) is 3.65. The van der Waals surface area contributed by atoms with Gasteiger partial charge in [-0.25, -0.2) is 0 Å². The Labute approximate surface area is 227 Å². The number of carbonyl (C=O) groups is 2. The summed E-state index contributed by atoms with van der Waals surface area (Å²) < 4.78 is 17.3. The molecule has 0 radical (unpaired) electrons. The Kier molecular flexibility index (Phi) is 9.21. The third-order valence-corrected chi connectivity index (χ3v) is 5.77. The predicted molar refractivity (Wildman–Crippen MR) is 150 cm³/mol. The lowest BCUT2D eigenvalue weighted by atomic mass is 10.0. The Morgan fingerprint density at radius 1 is 0.684 bits per heavy atom. The maximum atomic E-state index is 12.7. The average Bonchev–Trinajstić information content (AvgIpc) is 2.97. The van der Waals surface area contributed by atoms with Crippen LogP contribution < -0.4 is 14.8 Å². The first kappa shape index (κ1) is 26.6. The van der Waals surface area contributed by atoms with Gasteiger partial charge in [-0.1, -0.05) is 60.7 Å². The van der Waals surface area contributed by atoms with Gasteiger partial charge in [-0.05, 0) is 67.7 Å². The quantitative estimate of drug-likeness (QED) is 0.150. The van der Waals surface area contributed by atoms with Gasteiger partial charge in [0.1, 0.15) is 18.1 Å². The molecule has 0 aliphatic heterocycles. The van der Waals surface area contributed by atoms with Crippen molar-refractivity contribution in [3.63, 3.8) is 0 Å². The number of nitrogens with one attached hydrogen (secondary N) is 1. The maximum absolute atomic E-state index is 12.7. The van der Waals surface area contributed by atoms with Crippen LogP contribution in [0.1, 0.15) is 38.8 Å². The third-order valence-electron chi connectivity index (χ3n) is 5.54. The highest BCUT2D eigenvalue weighted by Crippen LogP contribution is 2.19. The molecule has 7 heteroatoms. The fraction of sp³-hybridized carbons (Fsp3) is 0.129. The van der Waals surface area contributed by atoms with Crippen LogP contribution in [0.25, 0.3) is 0 Å². The van der Waals surface area contributed by atoms with Gasteiger partial charge in [0.25, 0.3) is 5.17 Å². The molecule has 0 saturated carbocycles. The average molecular weight is 526 g/mol. The lowest BCUT2D eigenvalue weighted by Crippen LogP contribution is -2.43. The van der Waals surface area contributed by atoms with E-state index in [0.717, 1.165) is 0 Å². The summed E-state index contributed by atoms with van der Waals surface area (Å²) in [5, 5.41) is 3.17. The monoisotopic (exact) mass is 525 g/mol. The van der Waals surface area contributed by atoms with Crippen LogP contribution in [0.15, 0.2) is 109 Å². The van der Waals surface area contributed by atoms with Gasteiger partial charge in [-0.2, -0.15) is 0 Å². The van der Waals surface area contributed by atoms with Gasteiger partial charge >= 0.3 is 0 Å². The second kappa shape index (κ2) is 13.2. The van der Waals surface area contributed by atoms with Crippen LogP contribution in [-0.2, 0) is 4.74 Å². The van der Waals surface area contributed by atoms with E-state index in [0.29, 0.717) is 40.4 Å². The van der Waals surface area contributed by atoms with Crippen LogP contribution in [0.5, 0.6) is 11.5 Å². The molecule has 1 atom stereocenters. The first-order chi connectivity index (χ1) is 18.5. The highest BCUT2D eigenvalue weighted by molar-refractivity contribution is 7.80. The van der Waals surface area contributed by atoms with Gasteiger partial charge < -0.3 is 19.5 Å². The van der Waals surface area contributed by atoms with E-state index in [1.807, 2.05) is 43.3 Å². The van der Waals surface area contributed by atoms with E-state index in [1.165, 1.54) is 0 Å². The summed E-state index contributed by atoms with van der Waals surface area (Å²) in [6.07, 6.45) is -0.671. The fourth-order valence-corrected chi connectivity index (χ4v) is 3.89.